The van der Waals surface area contributed by atoms with Crippen LogP contribution in [0.2, 0.25) is 0 Å². The molecular weight excluding hydrogens is 260 g/mol. The number of nitrogens with zero attached hydrogens (tertiary/aromatic N) is 1. The lowest BCUT2D eigenvalue weighted by Gasteiger charge is -2.36. The molecule has 0 spiro atoms. The number of carbonyl (C=O) groups is 1. The third kappa shape index (κ3) is 2.05. The van der Waals surface area contributed by atoms with Crippen molar-refractivity contribution in [2.75, 3.05) is 20.1 Å². The van der Waals surface area contributed by atoms with Crippen molar-refractivity contribution in [1.29, 1.82) is 0 Å². The van der Waals surface area contributed by atoms with Gasteiger partial charge in [0.1, 0.15) is 0 Å². The topological polar surface area (TPSA) is 32.3 Å². The Bertz CT molecular complexity index is 515. The average molecular weight is 281 g/mol. The molecule has 1 amide bonds. The van der Waals surface area contributed by atoms with Crippen LogP contribution in [0, 0.1) is 6.92 Å². The molecule has 0 saturated carbocycles. The van der Waals surface area contributed by atoms with E-state index >= 15 is 0 Å². The fraction of sp³-hybridized carbons (Fsp3) is 0.533. The van der Waals surface area contributed by atoms with Gasteiger partial charge in [-0.2, -0.15) is 0 Å². The van der Waals surface area contributed by atoms with E-state index in [1.807, 2.05) is 11.9 Å². The standard InChI is InChI=1S/C15H20N2O.ClH/c1-4-10-5-9(2)14-11(6-10)12-7-16-8-13(12)17(3)15(14)18;/h5-6,12-13,16H,4,7-8H2,1-3H3;1H/t12-,13+;/m1./s1. The molecule has 2 heterocycles. The maximum atomic E-state index is 12.5. The minimum absolute atomic E-state index is 0. The van der Waals surface area contributed by atoms with E-state index in [4.69, 9.17) is 0 Å². The zero-order valence-corrected chi connectivity index (χ0v) is 12.5. The number of benzene rings is 1. The molecule has 4 heteroatoms. The first kappa shape index (κ1) is 14.4. The molecule has 0 aliphatic carbocycles. The average Bonchev–Trinajstić information content (AvgIpc) is 2.84. The van der Waals surface area contributed by atoms with Crippen molar-refractivity contribution in [1.82, 2.24) is 10.2 Å². The molecule has 1 fully saturated rings. The van der Waals surface area contributed by atoms with Crippen molar-refractivity contribution < 1.29 is 4.79 Å². The molecule has 0 aromatic heterocycles. The predicted octanol–water partition coefficient (Wildman–Crippen LogP) is 2.12. The molecule has 1 N–H and O–H groups in total. The van der Waals surface area contributed by atoms with Crippen LogP contribution in [0.3, 0.4) is 0 Å². The predicted molar refractivity (Wildman–Crippen MR) is 79.3 cm³/mol. The van der Waals surface area contributed by atoms with Crippen LogP contribution in [0.5, 0.6) is 0 Å². The molecule has 0 bridgehead atoms. The zero-order valence-electron chi connectivity index (χ0n) is 11.7. The second-order valence-corrected chi connectivity index (χ2v) is 5.48. The molecule has 19 heavy (non-hydrogen) atoms. The van der Waals surface area contributed by atoms with Crippen LogP contribution in [0.25, 0.3) is 0 Å². The Morgan fingerprint density at radius 1 is 1.37 bits per heavy atom. The fourth-order valence-electron chi connectivity index (χ4n) is 3.40. The van der Waals surface area contributed by atoms with Crippen molar-refractivity contribution in [2.45, 2.75) is 32.2 Å². The first-order valence-corrected chi connectivity index (χ1v) is 6.74. The van der Waals surface area contributed by atoms with E-state index in [1.165, 1.54) is 11.1 Å². The van der Waals surface area contributed by atoms with E-state index in [9.17, 15) is 4.79 Å². The number of amides is 1. The summed E-state index contributed by atoms with van der Waals surface area (Å²) < 4.78 is 0. The number of likely N-dealkylation sites (N-methyl/N-ethyl adjacent to an activating group) is 1. The molecular formula is C15H21ClN2O. The smallest absolute Gasteiger partial charge is 0.254 e. The Morgan fingerprint density at radius 3 is 2.79 bits per heavy atom. The Balaban J connectivity index is 0.00000133. The van der Waals surface area contributed by atoms with E-state index < -0.39 is 0 Å². The Kier molecular flexibility index (Phi) is 3.88. The minimum Gasteiger partial charge on any atom is -0.337 e. The number of halogens is 1. The summed E-state index contributed by atoms with van der Waals surface area (Å²) in [6, 6.07) is 4.74. The number of aryl methyl sites for hydroxylation is 2. The van der Waals surface area contributed by atoms with E-state index in [0.29, 0.717) is 12.0 Å². The zero-order chi connectivity index (χ0) is 12.9. The van der Waals surface area contributed by atoms with Gasteiger partial charge in [-0.25, -0.2) is 0 Å². The lowest BCUT2D eigenvalue weighted by atomic mass is 9.82. The summed E-state index contributed by atoms with van der Waals surface area (Å²) in [6.07, 6.45) is 1.03. The summed E-state index contributed by atoms with van der Waals surface area (Å²) in [5, 5.41) is 3.42. The molecule has 1 saturated heterocycles. The van der Waals surface area contributed by atoms with Crippen molar-refractivity contribution in [3.63, 3.8) is 0 Å². The normalized spacial score (nSPS) is 24.8. The molecule has 1 aromatic rings. The third-order valence-corrected chi connectivity index (χ3v) is 4.45. The van der Waals surface area contributed by atoms with Crippen molar-refractivity contribution in [3.8, 4) is 0 Å². The second-order valence-electron chi connectivity index (χ2n) is 5.48. The highest BCUT2D eigenvalue weighted by Gasteiger charge is 2.41. The van der Waals surface area contributed by atoms with Crippen molar-refractivity contribution in [2.24, 2.45) is 0 Å². The van der Waals surface area contributed by atoms with Gasteiger partial charge in [-0.3, -0.25) is 4.79 Å². The molecule has 104 valence electrons. The maximum absolute atomic E-state index is 12.5. The van der Waals surface area contributed by atoms with E-state index in [-0.39, 0.29) is 18.3 Å². The molecule has 1 aromatic carbocycles. The van der Waals surface area contributed by atoms with Crippen LogP contribution in [-0.4, -0.2) is 37.0 Å². The lowest BCUT2D eigenvalue weighted by Crippen LogP contribution is -2.46. The lowest BCUT2D eigenvalue weighted by molar-refractivity contribution is 0.0705. The summed E-state index contributed by atoms with van der Waals surface area (Å²) in [6.45, 7) is 6.14. The summed E-state index contributed by atoms with van der Waals surface area (Å²) in [5.41, 5.74) is 4.69. The van der Waals surface area contributed by atoms with Gasteiger partial charge >= 0.3 is 0 Å². The summed E-state index contributed by atoms with van der Waals surface area (Å²) in [4.78, 5) is 14.4. The van der Waals surface area contributed by atoms with E-state index in [2.05, 4.69) is 31.3 Å². The number of hydrogen-bond donors (Lipinski definition) is 1. The van der Waals surface area contributed by atoms with Gasteiger partial charge in [0.2, 0.25) is 0 Å². The summed E-state index contributed by atoms with van der Waals surface area (Å²) in [5.74, 6) is 0.656. The first-order chi connectivity index (χ1) is 8.63. The first-order valence-electron chi connectivity index (χ1n) is 6.74. The highest BCUT2D eigenvalue weighted by Crippen LogP contribution is 2.36. The monoisotopic (exact) mass is 280 g/mol. The van der Waals surface area contributed by atoms with Gasteiger partial charge in [0.15, 0.2) is 0 Å². The fourth-order valence-corrected chi connectivity index (χ4v) is 3.40. The number of carbonyl (C=O) groups excluding carboxylic acids is 1. The van der Waals surface area contributed by atoms with Crippen molar-refractivity contribution in [3.05, 3.63) is 34.4 Å². The SMILES string of the molecule is CCc1cc(C)c2c(c1)[C@H]1CNC[C@@H]1N(C)C2=O.Cl. The maximum Gasteiger partial charge on any atom is 0.254 e. The van der Waals surface area contributed by atoms with Gasteiger partial charge in [0.05, 0.1) is 6.04 Å². The summed E-state index contributed by atoms with van der Waals surface area (Å²) >= 11 is 0. The third-order valence-electron chi connectivity index (χ3n) is 4.45. The van der Waals surface area contributed by atoms with Crippen LogP contribution in [0.4, 0.5) is 0 Å². The van der Waals surface area contributed by atoms with Gasteiger partial charge in [-0.15, -0.1) is 12.4 Å². The molecule has 2 atom stereocenters. The summed E-state index contributed by atoms with van der Waals surface area (Å²) in [7, 11) is 1.93. The van der Waals surface area contributed by atoms with Crippen LogP contribution >= 0.6 is 12.4 Å². The molecule has 3 nitrogen and oxygen atoms in total. The Morgan fingerprint density at radius 2 is 2.11 bits per heavy atom. The van der Waals surface area contributed by atoms with Gasteiger partial charge in [0.25, 0.3) is 5.91 Å². The van der Waals surface area contributed by atoms with Gasteiger partial charge in [-0.1, -0.05) is 19.1 Å². The Labute approximate surface area is 120 Å². The molecule has 0 unspecified atom stereocenters. The molecule has 0 radical (unpaired) electrons. The van der Waals surface area contributed by atoms with E-state index in [1.54, 1.807) is 0 Å². The Hall–Kier alpha value is -1.06. The quantitative estimate of drug-likeness (QED) is 0.855. The number of nitrogens with one attached hydrogen (secondary N) is 1. The highest BCUT2D eigenvalue weighted by atomic mass is 35.5. The minimum atomic E-state index is 0. The van der Waals surface area contributed by atoms with Crippen LogP contribution < -0.4 is 5.32 Å². The van der Waals surface area contributed by atoms with Crippen LogP contribution in [0.15, 0.2) is 12.1 Å². The number of fused-ring (bicyclic) bond motifs is 3. The van der Waals surface area contributed by atoms with E-state index in [0.717, 1.165) is 30.6 Å². The molecule has 2 aliphatic rings. The van der Waals surface area contributed by atoms with Gasteiger partial charge < -0.3 is 10.2 Å². The van der Waals surface area contributed by atoms with Crippen LogP contribution in [-0.2, 0) is 6.42 Å². The van der Waals surface area contributed by atoms with Crippen LogP contribution in [0.1, 0.15) is 39.9 Å². The highest BCUT2D eigenvalue weighted by molar-refractivity contribution is 5.99. The number of hydrogen-bond acceptors (Lipinski definition) is 2. The molecule has 2 aliphatic heterocycles. The van der Waals surface area contributed by atoms with Crippen molar-refractivity contribution >= 4 is 18.3 Å². The second kappa shape index (κ2) is 5.14. The van der Waals surface area contributed by atoms with Gasteiger partial charge in [-0.05, 0) is 30.0 Å². The largest absolute Gasteiger partial charge is 0.337 e. The molecule has 3 rings (SSSR count). The number of rotatable bonds is 1. The van der Waals surface area contributed by atoms with Gasteiger partial charge in [0, 0.05) is 31.6 Å².